The number of carbonyl (C=O) groups excluding carboxylic acids is 2. The van der Waals surface area contributed by atoms with Crippen LogP contribution in [-0.4, -0.2) is 35.0 Å². The van der Waals surface area contributed by atoms with Gasteiger partial charge < -0.3 is 20.9 Å². The maximum absolute atomic E-state index is 12.8. The number of benzene rings is 2. The number of nitro groups is 2. The van der Waals surface area contributed by atoms with Crippen LogP contribution in [0.4, 0.5) is 11.4 Å². The number of carbonyl (C=O) groups is 2. The second kappa shape index (κ2) is 16.5. The molecule has 0 amide bonds. The number of ether oxygens (including phenoxy) is 2. The molecule has 222 valence electrons. The van der Waals surface area contributed by atoms with Crippen LogP contribution in [0.25, 0.3) is 11.4 Å². The van der Waals surface area contributed by atoms with Crippen molar-refractivity contribution in [3.05, 3.63) is 99.5 Å². The van der Waals surface area contributed by atoms with Crippen LogP contribution in [0.3, 0.4) is 0 Å². The van der Waals surface area contributed by atoms with Gasteiger partial charge in [-0.2, -0.15) is 10.5 Å². The molecule has 0 fully saturated rings. The predicted molar refractivity (Wildman–Crippen MR) is 163 cm³/mol. The summed E-state index contributed by atoms with van der Waals surface area (Å²) in [6, 6.07) is 14.0. The highest BCUT2D eigenvalue weighted by atomic mass is 33.1. The third-order valence-electron chi connectivity index (χ3n) is 4.97. The third kappa shape index (κ3) is 9.27. The minimum atomic E-state index is -0.943. The van der Waals surface area contributed by atoms with E-state index in [4.69, 9.17) is 20.9 Å². The van der Waals surface area contributed by atoms with Crippen molar-refractivity contribution in [2.24, 2.45) is 11.5 Å². The van der Waals surface area contributed by atoms with Crippen LogP contribution >= 0.6 is 33.3 Å². The van der Waals surface area contributed by atoms with Crippen LogP contribution in [0.2, 0.25) is 0 Å². The van der Waals surface area contributed by atoms with E-state index in [1.54, 1.807) is 6.92 Å². The Hall–Kier alpha value is -4.97. The smallest absolute Gasteiger partial charge is 0.347 e. The van der Waals surface area contributed by atoms with Crippen molar-refractivity contribution >= 4 is 68.1 Å². The lowest BCUT2D eigenvalue weighted by atomic mass is 10.1. The van der Waals surface area contributed by atoms with Crippen molar-refractivity contribution < 1.29 is 28.9 Å². The van der Waals surface area contributed by atoms with E-state index in [0.717, 1.165) is 12.1 Å². The lowest BCUT2D eigenvalue weighted by Crippen LogP contribution is -2.12. The number of esters is 2. The van der Waals surface area contributed by atoms with E-state index in [2.05, 4.69) is 0 Å². The largest absolute Gasteiger partial charge is 0.462 e. The van der Waals surface area contributed by atoms with Gasteiger partial charge in [0, 0.05) is 35.4 Å². The molecule has 0 aromatic heterocycles. The summed E-state index contributed by atoms with van der Waals surface area (Å²) in [5, 5.41) is 42.2. The Bertz CT molecular complexity index is 1620. The molecule has 2 aromatic carbocycles. The van der Waals surface area contributed by atoms with E-state index in [0.29, 0.717) is 33.3 Å². The number of allylic oxidation sites excluding steroid dienone is 2. The molecule has 43 heavy (non-hydrogen) atoms. The molecule has 0 spiro atoms. The first kappa shape index (κ1) is 34.2. The average molecular weight is 643 g/mol. The maximum Gasteiger partial charge on any atom is 0.347 e. The molecule has 4 N–H and O–H groups in total. The molecule has 2 aromatic rings. The van der Waals surface area contributed by atoms with E-state index in [-0.39, 0.29) is 66.7 Å². The molecule has 0 bridgehead atoms. The molecule has 0 unspecified atom stereocenters. The fourth-order valence-corrected chi connectivity index (χ4v) is 6.20. The normalized spacial score (nSPS) is 12.4. The van der Waals surface area contributed by atoms with Gasteiger partial charge in [0.1, 0.15) is 31.8 Å². The molecule has 0 radical (unpaired) electrons. The molecular weight excluding hydrogens is 621 g/mol. The summed E-state index contributed by atoms with van der Waals surface area (Å²) in [7, 11) is 1.31. The molecule has 0 aliphatic carbocycles. The van der Waals surface area contributed by atoms with Gasteiger partial charge >= 0.3 is 11.9 Å². The summed E-state index contributed by atoms with van der Waals surface area (Å²) in [5.74, 6) is -1.82. The van der Waals surface area contributed by atoms with Crippen LogP contribution < -0.4 is 11.5 Å². The molecule has 0 saturated heterocycles. The Morgan fingerprint density at radius 1 is 0.791 bits per heavy atom. The van der Waals surface area contributed by atoms with E-state index in [1.165, 1.54) is 43.3 Å². The number of nitro benzene ring substituents is 2. The summed E-state index contributed by atoms with van der Waals surface area (Å²) in [4.78, 5) is 45.6. The number of nitrogens with two attached hydrogens (primary N) is 2. The monoisotopic (exact) mass is 642 g/mol. The summed E-state index contributed by atoms with van der Waals surface area (Å²) in [6.45, 7) is 3.00. The molecule has 0 heterocycles. The number of hydrogen-bond acceptors (Lipinski definition) is 15. The van der Waals surface area contributed by atoms with Crippen molar-refractivity contribution in [2.75, 3.05) is 13.2 Å². The Labute approximate surface area is 257 Å². The van der Waals surface area contributed by atoms with Gasteiger partial charge in [-0.25, -0.2) is 9.59 Å². The third-order valence-corrected chi connectivity index (χ3v) is 8.54. The summed E-state index contributed by atoms with van der Waals surface area (Å²) >= 11 is 0.502. The number of hydrogen-bond donors (Lipinski definition) is 2. The van der Waals surface area contributed by atoms with E-state index in [1.807, 2.05) is 12.1 Å². The predicted octanol–water partition coefficient (Wildman–Crippen LogP) is 4.96. The Balaban J connectivity index is 2.58. The van der Waals surface area contributed by atoms with Crippen LogP contribution in [-0.2, 0) is 19.1 Å². The highest BCUT2D eigenvalue weighted by molar-refractivity contribution is 8.80. The quantitative estimate of drug-likeness (QED) is 0.0733. The zero-order valence-corrected chi connectivity index (χ0v) is 24.9. The molecule has 14 nitrogen and oxygen atoms in total. The van der Waals surface area contributed by atoms with E-state index < -0.39 is 21.8 Å². The molecule has 17 heteroatoms. The SMILES string of the molecule is CCOC(=O)/C(SS/C(C#N)=C(/C#N)S/C(C(=O)OCC)=C(/N)c1cccc([N+](=O)[O-])c1)=C(\N)c1cccc([N+](=O)[O-])c1. The van der Waals surface area contributed by atoms with Gasteiger partial charge in [-0.05, 0) is 35.4 Å². The van der Waals surface area contributed by atoms with Crippen LogP contribution in [0, 0.1) is 42.9 Å². The first-order valence-corrected chi connectivity index (χ1v) is 14.9. The lowest BCUT2D eigenvalue weighted by Gasteiger charge is -2.12. The molecule has 0 aliphatic rings. The van der Waals surface area contributed by atoms with Gasteiger partial charge in [-0.1, -0.05) is 36.0 Å². The van der Waals surface area contributed by atoms with Crippen molar-refractivity contribution in [1.29, 1.82) is 10.5 Å². The van der Waals surface area contributed by atoms with Crippen LogP contribution in [0.15, 0.2) is 68.2 Å². The van der Waals surface area contributed by atoms with Crippen LogP contribution in [0.5, 0.6) is 0 Å². The van der Waals surface area contributed by atoms with Crippen molar-refractivity contribution in [3.63, 3.8) is 0 Å². The molecule has 0 atom stereocenters. The van der Waals surface area contributed by atoms with Gasteiger partial charge in [0.25, 0.3) is 11.4 Å². The van der Waals surface area contributed by atoms with Gasteiger partial charge in [0.2, 0.25) is 0 Å². The standard InChI is InChI=1S/C26H22N6O8S3/c1-3-39-25(33)23(21(29)15-7-5-9-17(11-15)31(35)36)41-19(13-27)20(14-28)42-43-24(26(34)40-4-2)22(30)16-8-6-10-18(12-16)32(37)38/h5-12H,3-4,29-30H2,1-2H3/b20-19-,23-21+,24-22+. The molecule has 0 saturated carbocycles. The number of thioether (sulfide) groups is 1. The fraction of sp³-hybridized carbons (Fsp3) is 0.154. The van der Waals surface area contributed by atoms with Gasteiger partial charge in [0.15, 0.2) is 0 Å². The maximum atomic E-state index is 12.8. The van der Waals surface area contributed by atoms with Crippen LogP contribution in [0.1, 0.15) is 25.0 Å². The van der Waals surface area contributed by atoms with Crippen molar-refractivity contribution in [1.82, 2.24) is 0 Å². The molecular formula is C26H22N6O8S3. The number of non-ortho nitro benzene ring substituents is 2. The average Bonchev–Trinajstić information content (AvgIpc) is 3.00. The lowest BCUT2D eigenvalue weighted by molar-refractivity contribution is -0.385. The first-order valence-electron chi connectivity index (χ1n) is 11.9. The summed E-state index contributed by atoms with van der Waals surface area (Å²) < 4.78 is 10.1. The Morgan fingerprint density at radius 3 is 1.65 bits per heavy atom. The summed E-state index contributed by atoms with van der Waals surface area (Å²) in [6.07, 6.45) is 0. The fourth-order valence-electron chi connectivity index (χ4n) is 3.04. The molecule has 0 aliphatic heterocycles. The minimum Gasteiger partial charge on any atom is -0.462 e. The first-order chi connectivity index (χ1) is 20.5. The number of nitrogens with zero attached hydrogens (tertiary/aromatic N) is 4. The Morgan fingerprint density at radius 2 is 1.23 bits per heavy atom. The van der Waals surface area contributed by atoms with Crippen molar-refractivity contribution in [3.8, 4) is 12.1 Å². The number of nitriles is 2. The van der Waals surface area contributed by atoms with Gasteiger partial charge in [-0.15, -0.1) is 0 Å². The second-order valence-electron chi connectivity index (χ2n) is 7.69. The van der Waals surface area contributed by atoms with E-state index >= 15 is 0 Å². The zero-order valence-electron chi connectivity index (χ0n) is 22.5. The van der Waals surface area contributed by atoms with Crippen molar-refractivity contribution in [2.45, 2.75) is 13.8 Å². The topological polar surface area (TPSA) is 238 Å². The highest BCUT2D eigenvalue weighted by Gasteiger charge is 2.25. The minimum absolute atomic E-state index is 0.0271. The summed E-state index contributed by atoms with van der Waals surface area (Å²) in [5.41, 5.74) is 11.6. The molecule has 2 rings (SSSR count). The highest BCUT2D eigenvalue weighted by Crippen LogP contribution is 2.44. The van der Waals surface area contributed by atoms with Gasteiger partial charge in [-0.3, -0.25) is 20.2 Å². The number of rotatable bonds is 13. The Kier molecular flexibility index (Phi) is 13.1. The van der Waals surface area contributed by atoms with E-state index in [9.17, 15) is 40.3 Å². The zero-order chi connectivity index (χ0) is 32.1. The van der Waals surface area contributed by atoms with Gasteiger partial charge in [0.05, 0.1) is 34.5 Å². The second-order valence-corrected chi connectivity index (χ2v) is 10.9.